The lowest BCUT2D eigenvalue weighted by atomic mass is 10.1. The molecule has 1 fully saturated rings. The van der Waals surface area contributed by atoms with E-state index in [4.69, 9.17) is 10.5 Å². The molecule has 1 aliphatic carbocycles. The molecule has 5 heteroatoms. The molecule has 0 aliphatic heterocycles. The van der Waals surface area contributed by atoms with Crippen LogP contribution in [0.1, 0.15) is 31.3 Å². The average molecular weight is 256 g/mol. The third-order valence-electron chi connectivity index (χ3n) is 3.41. The highest BCUT2D eigenvalue weighted by atomic mass is 19.3. The second kappa shape index (κ2) is 5.52. The number of methoxy groups -OCH3 is 1. The van der Waals surface area contributed by atoms with E-state index in [9.17, 15) is 8.78 Å². The smallest absolute Gasteiger partial charge is 0.265 e. The number of nitrogens with one attached hydrogen (secondary N) is 1. The molecule has 0 heterocycles. The second-order valence-corrected chi connectivity index (χ2v) is 4.60. The number of alkyl halides is 2. The van der Waals surface area contributed by atoms with Crippen LogP contribution in [0.15, 0.2) is 18.2 Å². The highest BCUT2D eigenvalue weighted by Gasteiger charge is 2.28. The van der Waals surface area contributed by atoms with E-state index in [2.05, 4.69) is 5.32 Å². The van der Waals surface area contributed by atoms with Gasteiger partial charge in [0.1, 0.15) is 0 Å². The molecule has 1 aromatic carbocycles. The first kappa shape index (κ1) is 13.1. The Hall–Kier alpha value is -1.36. The Morgan fingerprint density at radius 2 is 2.17 bits per heavy atom. The van der Waals surface area contributed by atoms with Crippen LogP contribution in [-0.2, 0) is 4.74 Å². The molecule has 3 nitrogen and oxygen atoms in total. The number of nitrogen functional groups attached to an aromatic ring is 1. The van der Waals surface area contributed by atoms with E-state index < -0.39 is 6.43 Å². The molecule has 0 spiro atoms. The van der Waals surface area contributed by atoms with Crippen molar-refractivity contribution in [1.82, 2.24) is 0 Å². The zero-order chi connectivity index (χ0) is 13.1. The molecule has 2 atom stereocenters. The number of anilines is 2. The maximum absolute atomic E-state index is 12.9. The Kier molecular flexibility index (Phi) is 4.01. The van der Waals surface area contributed by atoms with Crippen molar-refractivity contribution in [1.29, 1.82) is 0 Å². The summed E-state index contributed by atoms with van der Waals surface area (Å²) in [4.78, 5) is 0. The molecule has 0 radical (unpaired) electrons. The third-order valence-corrected chi connectivity index (χ3v) is 3.41. The van der Waals surface area contributed by atoms with Crippen molar-refractivity contribution in [2.45, 2.75) is 37.8 Å². The standard InChI is InChI=1S/C13H18F2N2O/c1-18-12-4-2-3-11(12)17-10-6-5-8(16)7-9(10)13(14)15/h5-7,11-13,17H,2-4,16H2,1H3. The van der Waals surface area contributed by atoms with E-state index in [0.29, 0.717) is 11.4 Å². The molecule has 0 saturated heterocycles. The summed E-state index contributed by atoms with van der Waals surface area (Å²) < 4.78 is 31.2. The van der Waals surface area contributed by atoms with Crippen LogP contribution in [0.4, 0.5) is 20.2 Å². The van der Waals surface area contributed by atoms with Crippen LogP contribution < -0.4 is 11.1 Å². The maximum atomic E-state index is 12.9. The Bertz CT molecular complexity index is 412. The van der Waals surface area contributed by atoms with Gasteiger partial charge in [-0.15, -0.1) is 0 Å². The summed E-state index contributed by atoms with van der Waals surface area (Å²) in [5.41, 5.74) is 6.30. The molecular formula is C13H18F2N2O. The summed E-state index contributed by atoms with van der Waals surface area (Å²) >= 11 is 0. The highest BCUT2D eigenvalue weighted by molar-refractivity contribution is 5.59. The summed E-state index contributed by atoms with van der Waals surface area (Å²) in [6.07, 6.45) is 0.514. The van der Waals surface area contributed by atoms with Gasteiger partial charge in [-0.05, 0) is 37.5 Å². The molecule has 1 saturated carbocycles. The van der Waals surface area contributed by atoms with Crippen molar-refractivity contribution in [3.05, 3.63) is 23.8 Å². The minimum absolute atomic E-state index is 0.0447. The normalized spacial score (nSPS) is 23.6. The monoisotopic (exact) mass is 256 g/mol. The average Bonchev–Trinajstić information content (AvgIpc) is 2.78. The van der Waals surface area contributed by atoms with Crippen molar-refractivity contribution >= 4 is 11.4 Å². The van der Waals surface area contributed by atoms with E-state index in [1.807, 2.05) is 0 Å². The van der Waals surface area contributed by atoms with E-state index in [0.717, 1.165) is 19.3 Å². The van der Waals surface area contributed by atoms with Gasteiger partial charge in [-0.1, -0.05) is 0 Å². The first-order valence-electron chi connectivity index (χ1n) is 6.08. The van der Waals surface area contributed by atoms with Crippen LogP contribution >= 0.6 is 0 Å². The summed E-state index contributed by atoms with van der Waals surface area (Å²) in [5.74, 6) is 0. The van der Waals surface area contributed by atoms with Gasteiger partial charge in [0.25, 0.3) is 6.43 Å². The molecular weight excluding hydrogens is 238 g/mol. The van der Waals surface area contributed by atoms with E-state index in [-0.39, 0.29) is 17.7 Å². The summed E-state index contributed by atoms with van der Waals surface area (Å²) in [6.45, 7) is 0. The largest absolute Gasteiger partial charge is 0.399 e. The van der Waals surface area contributed by atoms with Crippen LogP contribution in [-0.4, -0.2) is 19.3 Å². The van der Waals surface area contributed by atoms with Gasteiger partial charge in [0.15, 0.2) is 0 Å². The van der Waals surface area contributed by atoms with Crippen LogP contribution in [0.3, 0.4) is 0 Å². The lowest BCUT2D eigenvalue weighted by Gasteiger charge is -2.22. The number of hydrogen-bond donors (Lipinski definition) is 2. The summed E-state index contributed by atoms with van der Waals surface area (Å²) in [6, 6.07) is 4.66. The van der Waals surface area contributed by atoms with E-state index >= 15 is 0 Å². The molecule has 2 rings (SSSR count). The van der Waals surface area contributed by atoms with Crippen molar-refractivity contribution in [2.24, 2.45) is 0 Å². The molecule has 0 aromatic heterocycles. The summed E-state index contributed by atoms with van der Waals surface area (Å²) in [7, 11) is 1.65. The first-order valence-corrected chi connectivity index (χ1v) is 6.08. The SMILES string of the molecule is COC1CCCC1Nc1ccc(N)cc1C(F)F. The Morgan fingerprint density at radius 1 is 1.39 bits per heavy atom. The van der Waals surface area contributed by atoms with Gasteiger partial charge in [0.05, 0.1) is 12.1 Å². The summed E-state index contributed by atoms with van der Waals surface area (Å²) in [5, 5.41) is 3.16. The number of benzene rings is 1. The maximum Gasteiger partial charge on any atom is 0.265 e. The van der Waals surface area contributed by atoms with Crippen molar-refractivity contribution in [2.75, 3.05) is 18.2 Å². The van der Waals surface area contributed by atoms with Gasteiger partial charge in [0.2, 0.25) is 0 Å². The quantitative estimate of drug-likeness (QED) is 0.813. The lowest BCUT2D eigenvalue weighted by molar-refractivity contribution is 0.101. The molecule has 3 N–H and O–H groups in total. The molecule has 18 heavy (non-hydrogen) atoms. The molecule has 2 unspecified atom stereocenters. The lowest BCUT2D eigenvalue weighted by Crippen LogP contribution is -2.30. The van der Waals surface area contributed by atoms with E-state index in [1.165, 1.54) is 6.07 Å². The fourth-order valence-electron chi connectivity index (χ4n) is 2.47. The van der Waals surface area contributed by atoms with Gasteiger partial charge in [-0.3, -0.25) is 0 Å². The van der Waals surface area contributed by atoms with Crippen molar-refractivity contribution < 1.29 is 13.5 Å². The fourth-order valence-corrected chi connectivity index (χ4v) is 2.47. The minimum Gasteiger partial charge on any atom is -0.399 e. The molecule has 1 aromatic rings. The Morgan fingerprint density at radius 3 is 2.83 bits per heavy atom. The fraction of sp³-hybridized carbons (Fsp3) is 0.538. The predicted molar refractivity (Wildman–Crippen MR) is 67.9 cm³/mol. The molecule has 100 valence electrons. The van der Waals surface area contributed by atoms with Crippen LogP contribution in [0.25, 0.3) is 0 Å². The predicted octanol–water partition coefficient (Wildman–Crippen LogP) is 3.19. The van der Waals surface area contributed by atoms with Gasteiger partial charge >= 0.3 is 0 Å². The number of ether oxygens (including phenoxy) is 1. The molecule has 0 amide bonds. The van der Waals surface area contributed by atoms with Crippen LogP contribution in [0.5, 0.6) is 0 Å². The van der Waals surface area contributed by atoms with Crippen LogP contribution in [0.2, 0.25) is 0 Å². The highest BCUT2D eigenvalue weighted by Crippen LogP contribution is 2.32. The Labute approximate surface area is 105 Å². The first-order chi connectivity index (χ1) is 8.61. The van der Waals surface area contributed by atoms with Gasteiger partial charge < -0.3 is 15.8 Å². The zero-order valence-corrected chi connectivity index (χ0v) is 10.3. The zero-order valence-electron chi connectivity index (χ0n) is 10.3. The van der Waals surface area contributed by atoms with Crippen molar-refractivity contribution in [3.63, 3.8) is 0 Å². The number of halogens is 2. The molecule has 0 bridgehead atoms. The van der Waals surface area contributed by atoms with Crippen LogP contribution in [0, 0.1) is 0 Å². The van der Waals surface area contributed by atoms with E-state index in [1.54, 1.807) is 19.2 Å². The van der Waals surface area contributed by atoms with Gasteiger partial charge in [-0.2, -0.15) is 0 Å². The Balaban J connectivity index is 2.18. The van der Waals surface area contributed by atoms with Gasteiger partial charge in [-0.25, -0.2) is 8.78 Å². The number of nitrogens with two attached hydrogens (primary N) is 1. The topological polar surface area (TPSA) is 47.3 Å². The molecule has 1 aliphatic rings. The number of rotatable bonds is 4. The second-order valence-electron chi connectivity index (χ2n) is 4.60. The van der Waals surface area contributed by atoms with Crippen molar-refractivity contribution in [3.8, 4) is 0 Å². The minimum atomic E-state index is -2.53. The third kappa shape index (κ3) is 2.72. The van der Waals surface area contributed by atoms with Gasteiger partial charge in [0, 0.05) is 24.0 Å². The number of hydrogen-bond acceptors (Lipinski definition) is 3.